The van der Waals surface area contributed by atoms with E-state index in [4.69, 9.17) is 14.6 Å². The number of amides is 2. The second-order valence-electron chi connectivity index (χ2n) is 6.33. The van der Waals surface area contributed by atoms with Crippen LogP contribution in [0.5, 0.6) is 0 Å². The highest BCUT2D eigenvalue weighted by Crippen LogP contribution is 2.23. The highest BCUT2D eigenvalue weighted by atomic mass is 32.1. The zero-order valence-corrected chi connectivity index (χ0v) is 17.7. The van der Waals surface area contributed by atoms with E-state index in [0.717, 1.165) is 10.6 Å². The van der Waals surface area contributed by atoms with Crippen molar-refractivity contribution in [2.24, 2.45) is 0 Å². The van der Waals surface area contributed by atoms with E-state index < -0.39 is 5.97 Å². The van der Waals surface area contributed by atoms with Gasteiger partial charge in [0.2, 0.25) is 5.91 Å². The van der Waals surface area contributed by atoms with Crippen LogP contribution in [0.1, 0.15) is 33.8 Å². The maximum atomic E-state index is 12.6. The van der Waals surface area contributed by atoms with Crippen LogP contribution >= 0.6 is 11.3 Å². The van der Waals surface area contributed by atoms with Gasteiger partial charge in [-0.2, -0.15) is 0 Å². The number of carbonyl (C=O) groups is 3. The lowest BCUT2D eigenvalue weighted by Gasteiger charge is -2.11. The van der Waals surface area contributed by atoms with E-state index in [0.29, 0.717) is 16.4 Å². The minimum atomic E-state index is -0.918. The first-order valence-electron chi connectivity index (χ1n) is 9.38. The number of carboxylic acid groups (broad SMARTS) is 1. The average Bonchev–Trinajstić information content (AvgIpc) is 3.01. The Morgan fingerprint density at radius 2 is 1.67 bits per heavy atom. The lowest BCUT2D eigenvalue weighted by Crippen LogP contribution is -2.19. The SMILES string of the molecule is Cc1nc(NC(=O)c2ccccc2NC(=O)CCOCCOCCC(=O)O)sc1C. The summed E-state index contributed by atoms with van der Waals surface area (Å²) in [7, 11) is 0. The van der Waals surface area contributed by atoms with Crippen molar-refractivity contribution in [3.8, 4) is 0 Å². The van der Waals surface area contributed by atoms with Gasteiger partial charge < -0.3 is 19.9 Å². The summed E-state index contributed by atoms with van der Waals surface area (Å²) in [5, 5.41) is 14.5. The first-order chi connectivity index (χ1) is 14.4. The molecule has 1 aromatic carbocycles. The molecule has 0 saturated carbocycles. The number of carbonyl (C=O) groups excluding carboxylic acids is 2. The summed E-state index contributed by atoms with van der Waals surface area (Å²) in [4.78, 5) is 40.4. The lowest BCUT2D eigenvalue weighted by atomic mass is 10.1. The molecule has 1 aromatic heterocycles. The molecule has 0 spiro atoms. The summed E-state index contributed by atoms with van der Waals surface area (Å²) in [5.74, 6) is -1.56. The molecule has 3 N–H and O–H groups in total. The van der Waals surface area contributed by atoms with Crippen molar-refractivity contribution in [1.29, 1.82) is 0 Å². The fourth-order valence-corrected chi connectivity index (χ4v) is 3.15. The number of benzene rings is 1. The van der Waals surface area contributed by atoms with Crippen LogP contribution < -0.4 is 10.6 Å². The number of nitrogens with one attached hydrogen (secondary N) is 2. The van der Waals surface area contributed by atoms with Gasteiger partial charge >= 0.3 is 5.97 Å². The van der Waals surface area contributed by atoms with E-state index in [9.17, 15) is 14.4 Å². The molecule has 30 heavy (non-hydrogen) atoms. The maximum absolute atomic E-state index is 12.6. The van der Waals surface area contributed by atoms with Gasteiger partial charge in [-0.3, -0.25) is 19.7 Å². The number of para-hydroxylation sites is 1. The molecule has 0 saturated heterocycles. The smallest absolute Gasteiger partial charge is 0.305 e. The third kappa shape index (κ3) is 7.90. The number of carboxylic acids is 1. The standard InChI is InChI=1S/C20H25N3O6S/c1-13-14(2)30-20(21-13)23-19(27)15-5-3-4-6-16(15)22-17(24)7-9-28-11-12-29-10-8-18(25)26/h3-6H,7-12H2,1-2H3,(H,22,24)(H,25,26)(H,21,23,27). The van der Waals surface area contributed by atoms with Gasteiger partial charge in [-0.15, -0.1) is 11.3 Å². The summed E-state index contributed by atoms with van der Waals surface area (Å²) >= 11 is 1.39. The predicted molar refractivity (Wildman–Crippen MR) is 113 cm³/mol. The Labute approximate surface area is 178 Å². The number of hydrogen-bond donors (Lipinski definition) is 3. The fourth-order valence-electron chi connectivity index (χ4n) is 2.34. The van der Waals surface area contributed by atoms with Crippen LogP contribution in [0.25, 0.3) is 0 Å². The van der Waals surface area contributed by atoms with Gasteiger partial charge in [0.05, 0.1) is 56.2 Å². The highest BCUT2D eigenvalue weighted by molar-refractivity contribution is 7.15. The lowest BCUT2D eigenvalue weighted by molar-refractivity contribution is -0.138. The molecule has 0 atom stereocenters. The monoisotopic (exact) mass is 435 g/mol. The van der Waals surface area contributed by atoms with Crippen LogP contribution in [-0.4, -0.2) is 54.3 Å². The molecule has 0 radical (unpaired) electrons. The molecule has 2 aromatic rings. The van der Waals surface area contributed by atoms with Crippen molar-refractivity contribution in [2.75, 3.05) is 37.1 Å². The molecule has 0 aliphatic rings. The van der Waals surface area contributed by atoms with Gasteiger partial charge in [0, 0.05) is 4.88 Å². The van der Waals surface area contributed by atoms with Crippen molar-refractivity contribution >= 4 is 39.9 Å². The third-order valence-corrected chi connectivity index (χ3v) is 4.99. The molecular weight excluding hydrogens is 410 g/mol. The van der Waals surface area contributed by atoms with Crippen molar-refractivity contribution < 1.29 is 29.0 Å². The number of rotatable bonds is 12. The Hall–Kier alpha value is -2.82. The van der Waals surface area contributed by atoms with Crippen molar-refractivity contribution in [3.05, 3.63) is 40.4 Å². The normalized spacial score (nSPS) is 10.6. The molecule has 2 rings (SSSR count). The van der Waals surface area contributed by atoms with E-state index in [1.54, 1.807) is 24.3 Å². The Balaban J connectivity index is 1.77. The van der Waals surface area contributed by atoms with Gasteiger partial charge in [-0.25, -0.2) is 4.98 Å². The zero-order chi connectivity index (χ0) is 21.9. The van der Waals surface area contributed by atoms with Crippen molar-refractivity contribution in [3.63, 3.8) is 0 Å². The van der Waals surface area contributed by atoms with E-state index in [2.05, 4.69) is 15.6 Å². The van der Waals surface area contributed by atoms with Crippen molar-refractivity contribution in [2.45, 2.75) is 26.7 Å². The van der Waals surface area contributed by atoms with Crippen LogP contribution in [0.15, 0.2) is 24.3 Å². The van der Waals surface area contributed by atoms with Gasteiger partial charge in [-0.05, 0) is 26.0 Å². The first kappa shape index (κ1) is 23.5. The second kappa shape index (κ2) is 12.0. The van der Waals surface area contributed by atoms with Gasteiger partial charge in [0.25, 0.3) is 5.91 Å². The Morgan fingerprint density at radius 1 is 1.00 bits per heavy atom. The molecule has 1 heterocycles. The molecule has 0 fully saturated rings. The van der Waals surface area contributed by atoms with Crippen LogP contribution in [0.3, 0.4) is 0 Å². The number of hydrogen-bond acceptors (Lipinski definition) is 7. The topological polar surface area (TPSA) is 127 Å². The summed E-state index contributed by atoms with van der Waals surface area (Å²) in [6.07, 6.45) is 0.0487. The van der Waals surface area contributed by atoms with Crippen LogP contribution in [0, 0.1) is 13.8 Å². The number of aromatic nitrogens is 1. The summed E-state index contributed by atoms with van der Waals surface area (Å²) < 4.78 is 10.4. The molecule has 0 bridgehead atoms. The molecule has 2 amide bonds. The summed E-state index contributed by atoms with van der Waals surface area (Å²) in [5.41, 5.74) is 1.61. The Bertz CT molecular complexity index is 864. The minimum Gasteiger partial charge on any atom is -0.481 e. The molecule has 0 aliphatic carbocycles. The minimum absolute atomic E-state index is 0.0584. The first-order valence-corrected chi connectivity index (χ1v) is 10.2. The van der Waals surface area contributed by atoms with Gasteiger partial charge in [0.1, 0.15) is 0 Å². The number of thiazole rings is 1. The molecule has 10 heteroatoms. The fraction of sp³-hybridized carbons (Fsp3) is 0.400. The van der Waals surface area contributed by atoms with E-state index in [-0.39, 0.29) is 51.1 Å². The molecular formula is C20H25N3O6S. The second-order valence-corrected chi connectivity index (χ2v) is 7.53. The maximum Gasteiger partial charge on any atom is 0.305 e. The zero-order valence-electron chi connectivity index (χ0n) is 16.9. The third-order valence-electron chi connectivity index (χ3n) is 4.00. The van der Waals surface area contributed by atoms with Crippen LogP contribution in [0.2, 0.25) is 0 Å². The Kier molecular flexibility index (Phi) is 9.39. The largest absolute Gasteiger partial charge is 0.481 e. The predicted octanol–water partition coefficient (Wildman–Crippen LogP) is 2.85. The van der Waals surface area contributed by atoms with E-state index in [1.807, 2.05) is 13.8 Å². The number of aryl methyl sites for hydroxylation is 2. The number of aliphatic carboxylic acids is 1. The van der Waals surface area contributed by atoms with E-state index >= 15 is 0 Å². The van der Waals surface area contributed by atoms with E-state index in [1.165, 1.54) is 11.3 Å². The summed E-state index contributed by atoms with van der Waals surface area (Å²) in [6.45, 7) is 4.63. The molecule has 0 unspecified atom stereocenters. The van der Waals surface area contributed by atoms with Crippen LogP contribution in [-0.2, 0) is 19.1 Å². The van der Waals surface area contributed by atoms with Crippen LogP contribution in [0.4, 0.5) is 10.8 Å². The average molecular weight is 436 g/mol. The number of anilines is 2. The summed E-state index contributed by atoms with van der Waals surface area (Å²) in [6, 6.07) is 6.73. The number of nitrogens with zero attached hydrogens (tertiary/aromatic N) is 1. The highest BCUT2D eigenvalue weighted by Gasteiger charge is 2.15. The van der Waals surface area contributed by atoms with Gasteiger partial charge in [-0.1, -0.05) is 12.1 Å². The Morgan fingerprint density at radius 3 is 2.30 bits per heavy atom. The molecule has 162 valence electrons. The molecule has 9 nitrogen and oxygen atoms in total. The number of ether oxygens (including phenoxy) is 2. The van der Waals surface area contributed by atoms with Gasteiger partial charge in [0.15, 0.2) is 5.13 Å². The van der Waals surface area contributed by atoms with Crippen molar-refractivity contribution in [1.82, 2.24) is 4.98 Å². The molecule has 0 aliphatic heterocycles. The quantitative estimate of drug-likeness (QED) is 0.438.